The molecule has 0 fully saturated rings. The molecule has 0 aliphatic rings. The fraction of sp³-hybridized carbons (Fsp3) is 0.844. The van der Waals surface area contributed by atoms with Crippen LogP contribution in [0, 0.1) is 82.9 Å². The van der Waals surface area contributed by atoms with Crippen LogP contribution in [0.25, 0.3) is 0 Å². The van der Waals surface area contributed by atoms with Crippen LogP contribution in [-0.2, 0) is 31.3 Å². The van der Waals surface area contributed by atoms with Crippen molar-refractivity contribution in [1.29, 1.82) is 0 Å². The molecule has 0 aromatic heterocycles. The Labute approximate surface area is 346 Å². The van der Waals surface area contributed by atoms with Crippen LogP contribution in [0.2, 0.25) is 0 Å². The summed E-state index contributed by atoms with van der Waals surface area (Å²) in [6, 6.07) is 6.94. The van der Waals surface area contributed by atoms with Gasteiger partial charge in [-0.3, -0.25) is 13.2 Å². The number of alkyl halides is 1. The Morgan fingerprint density at radius 1 is 0.745 bits per heavy atom. The van der Waals surface area contributed by atoms with Gasteiger partial charge in [-0.05, 0) is 125 Å². The Morgan fingerprint density at radius 2 is 1.18 bits per heavy atom. The van der Waals surface area contributed by atoms with Gasteiger partial charge in [-0.1, -0.05) is 129 Å². The second-order valence-electron chi connectivity index (χ2n) is 18.5. The van der Waals surface area contributed by atoms with Crippen molar-refractivity contribution in [1.82, 2.24) is 5.32 Å². The first kappa shape index (κ1) is 52.0. The number of benzene rings is 1. The summed E-state index contributed by atoms with van der Waals surface area (Å²) < 4.78 is 61.4. The van der Waals surface area contributed by atoms with Gasteiger partial charge in [0.1, 0.15) is 5.60 Å². The molecule has 1 amide bonds. The topological polar surface area (TPSA) is 113 Å². The molecule has 0 bridgehead atoms. The number of hydrogen-bond donors (Lipinski definition) is 1. The van der Waals surface area contributed by atoms with Crippen LogP contribution >= 0.6 is 11.6 Å². The van der Waals surface area contributed by atoms with Crippen molar-refractivity contribution in [3.63, 3.8) is 0 Å². The highest BCUT2D eigenvalue weighted by Gasteiger charge is 2.51. The molecule has 0 heterocycles. The first-order chi connectivity index (χ1) is 25.3. The van der Waals surface area contributed by atoms with Crippen molar-refractivity contribution in [2.45, 2.75) is 147 Å². The van der Waals surface area contributed by atoms with E-state index < -0.39 is 43.9 Å². The van der Waals surface area contributed by atoms with E-state index >= 15 is 0 Å². The van der Waals surface area contributed by atoms with Crippen LogP contribution in [0.4, 0.5) is 0 Å². The number of rotatable bonds is 25. The fourth-order valence-electron chi connectivity index (χ4n) is 8.99. The summed E-state index contributed by atoms with van der Waals surface area (Å²) in [5.74, 6) is 2.88. The molecule has 1 N–H and O–H groups in total. The van der Waals surface area contributed by atoms with Gasteiger partial charge in [-0.25, -0.2) is 0 Å². The third-order valence-corrected chi connectivity index (χ3v) is 18.6. The molecule has 0 spiro atoms. The van der Waals surface area contributed by atoms with Crippen LogP contribution in [0.15, 0.2) is 24.3 Å². The molecule has 1 rings (SSSR count). The van der Waals surface area contributed by atoms with Crippen molar-refractivity contribution in [2.24, 2.45) is 82.9 Å². The minimum atomic E-state index is -4.22. The van der Waals surface area contributed by atoms with Crippen molar-refractivity contribution < 1.29 is 26.2 Å². The summed E-state index contributed by atoms with van der Waals surface area (Å²) >= 11 is 3.23. The molecule has 16 unspecified atom stereocenters. The maximum Gasteiger partial charge on any atom is 0.267 e. The van der Waals surface area contributed by atoms with Crippen LogP contribution < -0.4 is 5.32 Å². The molecule has 0 aliphatic carbocycles. The standard InChI is InChI=1S/C45H82ClNO6S2/c1-18-28(4)30(6)32(8)38(14)40(16)45(17,53-55(51,52)25-19-24-47-44(48)42-22-20-41(26-46)21-23-42)43(54(49)50)39(15)37(13)36(12)35(11)34(10)33(9)31(7)29(5)27(2)3/h20-23,27-40,43H,18-19,24-26H2,1-17H3,(H,47,48)(H,49,50)/p-1. The van der Waals surface area contributed by atoms with E-state index in [4.69, 9.17) is 15.8 Å². The van der Waals surface area contributed by atoms with Gasteiger partial charge in [0.25, 0.3) is 16.0 Å². The predicted octanol–water partition coefficient (Wildman–Crippen LogP) is 11.2. The third-order valence-electron chi connectivity index (χ3n) is 15.5. The highest BCUT2D eigenvalue weighted by atomic mass is 35.5. The Bertz CT molecular complexity index is 1420. The van der Waals surface area contributed by atoms with Gasteiger partial charge in [0, 0.05) is 18.0 Å². The Hall–Kier alpha value is -1.00. The lowest BCUT2D eigenvalue weighted by atomic mass is 9.64. The van der Waals surface area contributed by atoms with E-state index in [0.29, 0.717) is 58.8 Å². The van der Waals surface area contributed by atoms with Crippen molar-refractivity contribution in [3.05, 3.63) is 35.4 Å². The Morgan fingerprint density at radius 3 is 1.60 bits per heavy atom. The number of amides is 1. The molecule has 16 atom stereocenters. The summed E-state index contributed by atoms with van der Waals surface area (Å²) in [7, 11) is -4.22. The molecule has 0 radical (unpaired) electrons. The number of carbonyl (C=O) groups excluding carboxylic acids is 1. The molecule has 0 aliphatic heterocycles. The number of hydrogen-bond acceptors (Lipinski definition) is 6. The molecule has 0 saturated heterocycles. The highest BCUT2D eigenvalue weighted by Crippen LogP contribution is 2.47. The summed E-state index contributed by atoms with van der Waals surface area (Å²) in [4.78, 5) is 12.7. The van der Waals surface area contributed by atoms with E-state index in [-0.39, 0.29) is 48.3 Å². The van der Waals surface area contributed by atoms with E-state index in [2.05, 4.69) is 102 Å². The average Bonchev–Trinajstić information content (AvgIpc) is 3.15. The SMILES string of the molecule is CCC(C)C(C)C(C)C(C)C(C)C(C)(OS(=O)(=O)CCCNC(=O)c1ccc(CCl)cc1)C(C(C)C(C)C(C)C(C)C(C)C(C)C(C)C(C)C(C)C)S(=O)[O-]. The van der Waals surface area contributed by atoms with E-state index in [9.17, 15) is 22.0 Å². The zero-order chi connectivity index (χ0) is 42.7. The second-order valence-corrected chi connectivity index (χ2v) is 21.5. The van der Waals surface area contributed by atoms with Crippen molar-refractivity contribution in [3.8, 4) is 0 Å². The van der Waals surface area contributed by atoms with Crippen molar-refractivity contribution in [2.75, 3.05) is 12.3 Å². The van der Waals surface area contributed by atoms with Gasteiger partial charge in [0.05, 0.1) is 11.0 Å². The second kappa shape index (κ2) is 23.0. The molecular formula is C45H81ClNO6S2-. The molecule has 1 aromatic carbocycles. The van der Waals surface area contributed by atoms with E-state index in [1.54, 1.807) is 31.2 Å². The zero-order valence-electron chi connectivity index (χ0n) is 37.6. The first-order valence-corrected chi connectivity index (χ1v) is 24.5. The van der Waals surface area contributed by atoms with Crippen LogP contribution in [0.3, 0.4) is 0 Å². The van der Waals surface area contributed by atoms with E-state index in [0.717, 1.165) is 12.0 Å². The maximum absolute atomic E-state index is 14.0. The molecule has 7 nitrogen and oxygen atoms in total. The van der Waals surface area contributed by atoms with Gasteiger partial charge in [0.2, 0.25) is 0 Å². The maximum atomic E-state index is 14.0. The van der Waals surface area contributed by atoms with Crippen LogP contribution in [0.1, 0.15) is 146 Å². The number of nitrogens with one attached hydrogen (secondary N) is 1. The average molecular weight is 832 g/mol. The molecule has 322 valence electrons. The Balaban J connectivity index is 3.48. The van der Waals surface area contributed by atoms with Crippen LogP contribution in [-0.4, -0.2) is 46.2 Å². The van der Waals surface area contributed by atoms with E-state index in [1.807, 2.05) is 13.8 Å². The first-order valence-electron chi connectivity index (χ1n) is 21.2. The van der Waals surface area contributed by atoms with Gasteiger partial charge >= 0.3 is 0 Å². The van der Waals surface area contributed by atoms with Crippen molar-refractivity contribution >= 4 is 38.7 Å². The monoisotopic (exact) mass is 831 g/mol. The predicted molar refractivity (Wildman–Crippen MR) is 233 cm³/mol. The fourth-order valence-corrected chi connectivity index (χ4v) is 11.9. The normalized spacial score (nSPS) is 22.0. The zero-order valence-corrected chi connectivity index (χ0v) is 40.0. The lowest BCUT2D eigenvalue weighted by Gasteiger charge is -2.50. The number of halogens is 1. The molecule has 1 aromatic rings. The Kier molecular flexibility index (Phi) is 21.7. The van der Waals surface area contributed by atoms with E-state index in [1.165, 1.54) is 0 Å². The smallest absolute Gasteiger partial charge is 0.267 e. The van der Waals surface area contributed by atoms with Gasteiger partial charge in [0.15, 0.2) is 0 Å². The largest absolute Gasteiger partial charge is 0.772 e. The van der Waals surface area contributed by atoms with Gasteiger partial charge in [-0.2, -0.15) is 8.42 Å². The quantitative estimate of drug-likeness (QED) is 0.0454. The summed E-state index contributed by atoms with van der Waals surface area (Å²) in [5.41, 5.74) is -0.189. The highest BCUT2D eigenvalue weighted by molar-refractivity contribution is 7.86. The molecular weight excluding hydrogens is 750 g/mol. The summed E-state index contributed by atoms with van der Waals surface area (Å²) in [6.45, 7) is 37.3. The number of carbonyl (C=O) groups is 1. The minimum absolute atomic E-state index is 0.0381. The third kappa shape index (κ3) is 14.1. The summed E-state index contributed by atoms with van der Waals surface area (Å²) in [6.07, 6.45) is 1.14. The summed E-state index contributed by atoms with van der Waals surface area (Å²) in [5, 5.41) is 1.71. The van der Waals surface area contributed by atoms with Gasteiger partial charge in [-0.15, -0.1) is 11.6 Å². The molecule has 10 heteroatoms. The lowest BCUT2D eigenvalue weighted by Crippen LogP contribution is -2.57. The van der Waals surface area contributed by atoms with Crippen LogP contribution in [0.5, 0.6) is 0 Å². The molecule has 55 heavy (non-hydrogen) atoms. The minimum Gasteiger partial charge on any atom is -0.772 e. The molecule has 0 saturated carbocycles. The van der Waals surface area contributed by atoms with Gasteiger partial charge < -0.3 is 9.87 Å². The lowest BCUT2D eigenvalue weighted by molar-refractivity contribution is -0.0295.